The van der Waals surface area contributed by atoms with E-state index in [1.54, 1.807) is 35.6 Å². The predicted octanol–water partition coefficient (Wildman–Crippen LogP) is 3.18. The summed E-state index contributed by atoms with van der Waals surface area (Å²) in [7, 11) is -3.60. The normalized spacial score (nSPS) is 15.8. The first-order valence-corrected chi connectivity index (χ1v) is 12.6. The van der Waals surface area contributed by atoms with Gasteiger partial charge in [-0.15, -0.1) is 11.3 Å². The zero-order valence-corrected chi connectivity index (χ0v) is 19.0. The summed E-state index contributed by atoms with van der Waals surface area (Å²) in [5, 5.41) is 4.85. The zero-order chi connectivity index (χ0) is 21.8. The predicted molar refractivity (Wildman–Crippen MR) is 123 cm³/mol. The molecule has 3 heterocycles. The van der Waals surface area contributed by atoms with Crippen molar-refractivity contribution in [2.75, 3.05) is 38.0 Å². The van der Waals surface area contributed by atoms with Crippen LogP contribution < -0.4 is 5.32 Å². The Morgan fingerprint density at radius 2 is 1.87 bits per heavy atom. The van der Waals surface area contributed by atoms with Crippen molar-refractivity contribution in [2.24, 2.45) is 0 Å². The molecule has 31 heavy (non-hydrogen) atoms. The van der Waals surface area contributed by atoms with E-state index in [-0.39, 0.29) is 10.8 Å². The number of hydrogen-bond acceptors (Lipinski definition) is 5. The van der Waals surface area contributed by atoms with E-state index in [9.17, 15) is 13.2 Å². The Kier molecular flexibility index (Phi) is 6.57. The fourth-order valence-corrected chi connectivity index (χ4v) is 5.86. The molecule has 9 heteroatoms. The minimum Gasteiger partial charge on any atom is -0.338 e. The Hall–Kier alpha value is -2.46. The summed E-state index contributed by atoms with van der Waals surface area (Å²) in [6.07, 6.45) is 1.87. The van der Waals surface area contributed by atoms with Crippen LogP contribution in [0.25, 0.3) is 0 Å². The molecule has 164 valence electrons. The Morgan fingerprint density at radius 1 is 1.06 bits per heavy atom. The molecule has 0 radical (unpaired) electrons. The van der Waals surface area contributed by atoms with Gasteiger partial charge in [0.25, 0.3) is 5.91 Å². The molecule has 1 aliphatic heterocycles. The first kappa shape index (κ1) is 21.8. The number of amides is 1. The van der Waals surface area contributed by atoms with E-state index in [1.165, 1.54) is 10.4 Å². The zero-order valence-electron chi connectivity index (χ0n) is 17.4. The topological polar surface area (TPSA) is 74.7 Å². The number of thiophene rings is 1. The number of rotatable bonds is 7. The van der Waals surface area contributed by atoms with Crippen molar-refractivity contribution in [1.82, 2.24) is 13.8 Å². The highest BCUT2D eigenvalue weighted by Crippen LogP contribution is 2.22. The van der Waals surface area contributed by atoms with Gasteiger partial charge in [-0.3, -0.25) is 4.79 Å². The van der Waals surface area contributed by atoms with E-state index in [0.717, 1.165) is 24.5 Å². The average Bonchev–Trinajstić information content (AvgIpc) is 3.46. The summed E-state index contributed by atoms with van der Waals surface area (Å²) in [6.45, 7) is 6.02. The molecule has 1 aliphatic rings. The Balaban J connectivity index is 1.48. The third-order valence-electron chi connectivity index (χ3n) is 5.48. The largest absolute Gasteiger partial charge is 0.338 e. The second kappa shape index (κ2) is 9.35. The fourth-order valence-electron chi connectivity index (χ4n) is 3.69. The highest BCUT2D eigenvalue weighted by atomic mass is 32.2. The summed E-state index contributed by atoms with van der Waals surface area (Å²) in [4.78, 5) is 16.4. The summed E-state index contributed by atoms with van der Waals surface area (Å²) >= 11 is 1.64. The van der Waals surface area contributed by atoms with E-state index in [4.69, 9.17) is 0 Å². The van der Waals surface area contributed by atoms with Crippen LogP contribution in [0.4, 0.5) is 5.69 Å². The number of nitrogens with zero attached hydrogens (tertiary/aromatic N) is 3. The average molecular weight is 459 g/mol. The number of aromatic nitrogens is 1. The molecule has 7 nitrogen and oxygen atoms in total. The van der Waals surface area contributed by atoms with Crippen molar-refractivity contribution in [3.8, 4) is 0 Å². The highest BCUT2D eigenvalue weighted by Gasteiger charge is 2.28. The van der Waals surface area contributed by atoms with Crippen molar-refractivity contribution in [3.05, 3.63) is 70.7 Å². The number of anilines is 1. The smallest absolute Gasteiger partial charge is 0.272 e. The van der Waals surface area contributed by atoms with E-state index < -0.39 is 10.0 Å². The van der Waals surface area contributed by atoms with Crippen molar-refractivity contribution >= 4 is 33.0 Å². The minimum absolute atomic E-state index is 0.198. The summed E-state index contributed by atoms with van der Waals surface area (Å²) in [5.74, 6) is -0.271. The molecule has 0 aliphatic carbocycles. The second-order valence-corrected chi connectivity index (χ2v) is 10.4. The van der Waals surface area contributed by atoms with Gasteiger partial charge in [-0.05, 0) is 48.3 Å². The molecule has 1 aromatic carbocycles. The SMILES string of the molecule is CCN1CCN(S(=O)(=O)c2cccc(NC(=O)c3cccn3Cc3cccs3)c2)CC1. The quantitative estimate of drug-likeness (QED) is 0.590. The molecule has 1 N–H and O–H groups in total. The van der Waals surface area contributed by atoms with Crippen LogP contribution in [-0.2, 0) is 16.6 Å². The first-order chi connectivity index (χ1) is 15.0. The molecular weight excluding hydrogens is 432 g/mol. The van der Waals surface area contributed by atoms with Gasteiger partial charge in [0.2, 0.25) is 10.0 Å². The molecule has 0 bridgehead atoms. The van der Waals surface area contributed by atoms with E-state index in [0.29, 0.717) is 31.0 Å². The van der Waals surface area contributed by atoms with Crippen LogP contribution in [0.5, 0.6) is 0 Å². The molecule has 0 unspecified atom stereocenters. The number of piperazine rings is 1. The molecule has 4 rings (SSSR count). The third kappa shape index (κ3) is 4.90. The number of benzene rings is 1. The molecule has 1 amide bonds. The molecule has 0 saturated carbocycles. The molecular formula is C22H26N4O3S2. The van der Waals surface area contributed by atoms with Crippen molar-refractivity contribution in [3.63, 3.8) is 0 Å². The number of hydrogen-bond donors (Lipinski definition) is 1. The van der Waals surface area contributed by atoms with Gasteiger partial charge in [-0.25, -0.2) is 8.42 Å². The van der Waals surface area contributed by atoms with Gasteiger partial charge < -0.3 is 14.8 Å². The van der Waals surface area contributed by atoms with Crippen LogP contribution in [0.2, 0.25) is 0 Å². The molecule has 0 atom stereocenters. The van der Waals surface area contributed by atoms with Gasteiger partial charge in [-0.2, -0.15) is 4.31 Å². The van der Waals surface area contributed by atoms with Crippen LogP contribution in [0.1, 0.15) is 22.3 Å². The van der Waals surface area contributed by atoms with Gasteiger partial charge in [0.1, 0.15) is 5.69 Å². The summed E-state index contributed by atoms with van der Waals surface area (Å²) in [5.41, 5.74) is 0.986. The lowest BCUT2D eigenvalue weighted by molar-refractivity contribution is 0.101. The van der Waals surface area contributed by atoms with E-state index in [1.807, 2.05) is 34.3 Å². The maximum Gasteiger partial charge on any atom is 0.272 e. The molecule has 3 aromatic rings. The maximum atomic E-state index is 13.1. The monoisotopic (exact) mass is 458 g/mol. The van der Waals surface area contributed by atoms with Crippen molar-refractivity contribution in [2.45, 2.75) is 18.4 Å². The molecule has 1 saturated heterocycles. The number of sulfonamides is 1. The summed E-state index contributed by atoms with van der Waals surface area (Å²) < 4.78 is 29.5. The van der Waals surface area contributed by atoms with Crippen molar-refractivity contribution in [1.29, 1.82) is 0 Å². The van der Waals surface area contributed by atoms with E-state index in [2.05, 4.69) is 17.1 Å². The van der Waals surface area contributed by atoms with Gasteiger partial charge in [-0.1, -0.05) is 19.1 Å². The molecule has 1 fully saturated rings. The Bertz CT molecular complexity index is 1130. The molecule has 2 aromatic heterocycles. The summed E-state index contributed by atoms with van der Waals surface area (Å²) in [6, 6.07) is 14.1. The third-order valence-corrected chi connectivity index (χ3v) is 8.23. The van der Waals surface area contributed by atoms with Crippen LogP contribution in [0.15, 0.2) is 65.0 Å². The number of carbonyl (C=O) groups excluding carboxylic acids is 1. The van der Waals surface area contributed by atoms with Crippen LogP contribution in [0, 0.1) is 0 Å². The van der Waals surface area contributed by atoms with Crippen LogP contribution in [-0.4, -0.2) is 60.8 Å². The number of likely N-dealkylation sites (N-methyl/N-ethyl adjacent to an activating group) is 1. The lowest BCUT2D eigenvalue weighted by Gasteiger charge is -2.33. The number of nitrogens with one attached hydrogen (secondary N) is 1. The Morgan fingerprint density at radius 3 is 2.58 bits per heavy atom. The second-order valence-electron chi connectivity index (χ2n) is 7.42. The van der Waals surface area contributed by atoms with Crippen LogP contribution >= 0.6 is 11.3 Å². The fraction of sp³-hybridized carbons (Fsp3) is 0.318. The lowest BCUT2D eigenvalue weighted by atomic mass is 10.3. The van der Waals surface area contributed by atoms with Crippen LogP contribution in [0.3, 0.4) is 0 Å². The Labute approximate surface area is 187 Å². The van der Waals surface area contributed by atoms with Gasteiger partial charge in [0.05, 0.1) is 11.4 Å². The lowest BCUT2D eigenvalue weighted by Crippen LogP contribution is -2.48. The number of carbonyl (C=O) groups is 1. The van der Waals surface area contributed by atoms with Crippen molar-refractivity contribution < 1.29 is 13.2 Å². The first-order valence-electron chi connectivity index (χ1n) is 10.3. The van der Waals surface area contributed by atoms with Gasteiger partial charge >= 0.3 is 0 Å². The van der Waals surface area contributed by atoms with E-state index >= 15 is 0 Å². The molecule has 0 spiro atoms. The minimum atomic E-state index is -3.60. The maximum absolute atomic E-state index is 13.1. The highest BCUT2D eigenvalue weighted by molar-refractivity contribution is 7.89. The van der Waals surface area contributed by atoms with Gasteiger partial charge in [0.15, 0.2) is 0 Å². The van der Waals surface area contributed by atoms with Gasteiger partial charge in [0, 0.05) is 42.9 Å². The standard InChI is InChI=1S/C22H26N4O3S2/c1-2-24-11-13-26(14-12-24)31(28,29)20-8-3-6-18(16-20)23-22(27)21-9-4-10-25(21)17-19-7-5-15-30-19/h3-10,15-16H,2,11-14,17H2,1H3,(H,23,27).